The highest BCUT2D eigenvalue weighted by Gasteiger charge is 2.25. The molecule has 1 aliphatic heterocycles. The fourth-order valence-electron chi connectivity index (χ4n) is 2.24. The van der Waals surface area contributed by atoms with Gasteiger partial charge in [-0.2, -0.15) is 0 Å². The van der Waals surface area contributed by atoms with Crippen LogP contribution in [-0.2, 0) is 9.59 Å². The molecule has 1 rings (SSSR count). The van der Waals surface area contributed by atoms with E-state index in [0.717, 1.165) is 19.5 Å². The van der Waals surface area contributed by atoms with Crippen LogP contribution in [0.3, 0.4) is 0 Å². The molecule has 4 nitrogen and oxygen atoms in total. The van der Waals surface area contributed by atoms with E-state index in [9.17, 15) is 9.59 Å². The van der Waals surface area contributed by atoms with Gasteiger partial charge in [0.2, 0.25) is 5.91 Å². The smallest absolute Gasteiger partial charge is 0.303 e. The fraction of sp³-hybridized carbons (Fsp3) is 0.818. The molecule has 0 aromatic carbocycles. The Morgan fingerprint density at radius 3 is 2.20 bits per heavy atom. The van der Waals surface area contributed by atoms with Crippen molar-refractivity contribution in [2.45, 2.75) is 33.1 Å². The Morgan fingerprint density at radius 1 is 1.20 bits per heavy atom. The first kappa shape index (κ1) is 12.0. The molecule has 4 heteroatoms. The number of aliphatic carboxylic acids is 1. The van der Waals surface area contributed by atoms with Crippen molar-refractivity contribution in [3.05, 3.63) is 0 Å². The third kappa shape index (κ3) is 3.90. The van der Waals surface area contributed by atoms with Gasteiger partial charge in [-0.3, -0.25) is 9.59 Å². The largest absolute Gasteiger partial charge is 0.481 e. The molecule has 15 heavy (non-hydrogen) atoms. The van der Waals surface area contributed by atoms with Gasteiger partial charge in [-0.15, -0.1) is 0 Å². The molecule has 1 aliphatic rings. The lowest BCUT2D eigenvalue weighted by molar-refractivity contribution is -0.141. The number of carbonyl (C=O) groups is 2. The van der Waals surface area contributed by atoms with Crippen LogP contribution in [0.15, 0.2) is 0 Å². The number of likely N-dealkylation sites (tertiary alicyclic amines) is 1. The van der Waals surface area contributed by atoms with Crippen molar-refractivity contribution in [1.29, 1.82) is 0 Å². The standard InChI is InChI=1S/C11H19NO3/c1-8-5-9(2)7-12(6-8)10(13)3-4-11(14)15/h8-9H,3-7H2,1-2H3,(H,14,15)/t8-,9+. The van der Waals surface area contributed by atoms with Crippen LogP contribution in [0.25, 0.3) is 0 Å². The maximum atomic E-state index is 11.7. The molecule has 86 valence electrons. The zero-order valence-electron chi connectivity index (χ0n) is 9.40. The Labute approximate surface area is 90.3 Å². The summed E-state index contributed by atoms with van der Waals surface area (Å²) in [4.78, 5) is 23.8. The molecule has 0 unspecified atom stereocenters. The molecule has 0 saturated carbocycles. The lowest BCUT2D eigenvalue weighted by atomic mass is 9.91. The number of carboxylic acid groups (broad SMARTS) is 1. The maximum Gasteiger partial charge on any atom is 0.303 e. The number of hydrogen-bond acceptors (Lipinski definition) is 2. The van der Waals surface area contributed by atoms with E-state index >= 15 is 0 Å². The highest BCUT2D eigenvalue weighted by molar-refractivity contribution is 5.80. The van der Waals surface area contributed by atoms with Gasteiger partial charge < -0.3 is 10.0 Å². The van der Waals surface area contributed by atoms with Crippen molar-refractivity contribution in [1.82, 2.24) is 4.90 Å². The van der Waals surface area contributed by atoms with Crippen LogP contribution in [0.2, 0.25) is 0 Å². The van der Waals surface area contributed by atoms with Crippen molar-refractivity contribution in [2.75, 3.05) is 13.1 Å². The Balaban J connectivity index is 2.41. The van der Waals surface area contributed by atoms with Crippen molar-refractivity contribution in [2.24, 2.45) is 11.8 Å². The summed E-state index contributed by atoms with van der Waals surface area (Å²) in [6.45, 7) is 5.83. The third-order valence-corrected chi connectivity index (χ3v) is 2.77. The molecule has 0 aromatic heterocycles. The summed E-state index contributed by atoms with van der Waals surface area (Å²) in [5.74, 6) is 0.141. The molecule has 1 fully saturated rings. The molecular formula is C11H19NO3. The second-order valence-corrected chi connectivity index (χ2v) is 4.64. The lowest BCUT2D eigenvalue weighted by Crippen LogP contribution is -2.42. The third-order valence-electron chi connectivity index (χ3n) is 2.77. The van der Waals surface area contributed by atoms with Crippen molar-refractivity contribution < 1.29 is 14.7 Å². The van der Waals surface area contributed by atoms with Crippen LogP contribution in [0.1, 0.15) is 33.1 Å². The average molecular weight is 213 g/mol. The molecule has 1 heterocycles. The molecule has 0 aliphatic carbocycles. The van der Waals surface area contributed by atoms with Crippen molar-refractivity contribution in [3.63, 3.8) is 0 Å². The highest BCUT2D eigenvalue weighted by atomic mass is 16.4. The second kappa shape index (κ2) is 5.14. The number of amides is 1. The van der Waals surface area contributed by atoms with Gasteiger partial charge in [-0.1, -0.05) is 13.8 Å². The summed E-state index contributed by atoms with van der Waals surface area (Å²) in [6.07, 6.45) is 1.23. The van der Waals surface area contributed by atoms with E-state index < -0.39 is 5.97 Å². The monoisotopic (exact) mass is 213 g/mol. The van der Waals surface area contributed by atoms with Crippen LogP contribution in [0.4, 0.5) is 0 Å². The van der Waals surface area contributed by atoms with E-state index in [1.807, 2.05) is 4.90 Å². The number of carboxylic acids is 1. The molecule has 2 atom stereocenters. The molecule has 0 radical (unpaired) electrons. The Hall–Kier alpha value is -1.06. The first-order valence-corrected chi connectivity index (χ1v) is 5.48. The van der Waals surface area contributed by atoms with Crippen LogP contribution in [0.5, 0.6) is 0 Å². The van der Waals surface area contributed by atoms with Gasteiger partial charge in [0.25, 0.3) is 0 Å². The summed E-state index contributed by atoms with van der Waals surface area (Å²) in [6, 6.07) is 0. The van der Waals surface area contributed by atoms with E-state index in [0.29, 0.717) is 11.8 Å². The Kier molecular flexibility index (Phi) is 4.12. The van der Waals surface area contributed by atoms with Gasteiger partial charge in [0.1, 0.15) is 0 Å². The summed E-state index contributed by atoms with van der Waals surface area (Å²) in [7, 11) is 0. The summed E-state index contributed by atoms with van der Waals surface area (Å²) in [5, 5.41) is 8.49. The van der Waals surface area contributed by atoms with E-state index in [2.05, 4.69) is 13.8 Å². The van der Waals surface area contributed by atoms with Crippen molar-refractivity contribution in [3.8, 4) is 0 Å². The average Bonchev–Trinajstić information content (AvgIpc) is 2.12. The van der Waals surface area contributed by atoms with Crippen molar-refractivity contribution >= 4 is 11.9 Å². The minimum Gasteiger partial charge on any atom is -0.481 e. The summed E-state index contributed by atoms with van der Waals surface area (Å²) >= 11 is 0. The Morgan fingerprint density at radius 2 is 1.73 bits per heavy atom. The normalized spacial score (nSPS) is 26.4. The van der Waals surface area contributed by atoms with Gasteiger partial charge in [0.05, 0.1) is 6.42 Å². The number of hydrogen-bond donors (Lipinski definition) is 1. The van der Waals surface area contributed by atoms with Gasteiger partial charge in [0.15, 0.2) is 0 Å². The molecular weight excluding hydrogens is 194 g/mol. The molecule has 1 amide bonds. The zero-order valence-corrected chi connectivity index (χ0v) is 9.40. The number of carbonyl (C=O) groups excluding carboxylic acids is 1. The minimum atomic E-state index is -0.901. The molecule has 1 saturated heterocycles. The molecule has 0 spiro atoms. The number of piperidine rings is 1. The summed E-state index contributed by atoms with van der Waals surface area (Å²) < 4.78 is 0. The fourth-order valence-corrected chi connectivity index (χ4v) is 2.24. The number of nitrogens with zero attached hydrogens (tertiary/aromatic N) is 1. The topological polar surface area (TPSA) is 57.6 Å². The molecule has 0 bridgehead atoms. The first-order chi connectivity index (χ1) is 6.99. The van der Waals surface area contributed by atoms with E-state index in [1.54, 1.807) is 0 Å². The number of rotatable bonds is 3. The highest BCUT2D eigenvalue weighted by Crippen LogP contribution is 2.21. The quantitative estimate of drug-likeness (QED) is 0.770. The van der Waals surface area contributed by atoms with Gasteiger partial charge >= 0.3 is 5.97 Å². The molecule has 1 N–H and O–H groups in total. The second-order valence-electron chi connectivity index (χ2n) is 4.64. The van der Waals surface area contributed by atoms with Gasteiger partial charge in [0, 0.05) is 19.5 Å². The first-order valence-electron chi connectivity index (χ1n) is 5.48. The Bertz CT molecular complexity index is 242. The summed E-state index contributed by atoms with van der Waals surface area (Å²) in [5.41, 5.74) is 0. The van der Waals surface area contributed by atoms with Gasteiger partial charge in [-0.05, 0) is 18.3 Å². The van der Waals surface area contributed by atoms with Crippen LogP contribution in [0, 0.1) is 11.8 Å². The SMILES string of the molecule is C[C@@H]1C[C@H](C)CN(C(=O)CCC(=O)O)C1. The van der Waals surface area contributed by atoms with E-state index in [1.165, 1.54) is 0 Å². The molecule has 0 aromatic rings. The van der Waals surface area contributed by atoms with E-state index in [-0.39, 0.29) is 18.7 Å². The van der Waals surface area contributed by atoms with Gasteiger partial charge in [-0.25, -0.2) is 0 Å². The lowest BCUT2D eigenvalue weighted by Gasteiger charge is -2.35. The minimum absolute atomic E-state index is 0.0178. The maximum absolute atomic E-state index is 11.7. The predicted molar refractivity (Wildman–Crippen MR) is 56.4 cm³/mol. The van der Waals surface area contributed by atoms with Crippen LogP contribution < -0.4 is 0 Å². The van der Waals surface area contributed by atoms with Crippen LogP contribution in [-0.4, -0.2) is 35.0 Å². The zero-order chi connectivity index (χ0) is 11.4. The van der Waals surface area contributed by atoms with E-state index in [4.69, 9.17) is 5.11 Å². The van der Waals surface area contributed by atoms with Crippen LogP contribution >= 0.6 is 0 Å². The predicted octanol–water partition coefficient (Wildman–Crippen LogP) is 1.36.